The molecule has 1 unspecified atom stereocenters. The van der Waals surface area contributed by atoms with Gasteiger partial charge >= 0.3 is 29.6 Å². The number of carboxylic acids is 1. The van der Waals surface area contributed by atoms with Crippen LogP contribution in [-0.4, -0.2) is 11.0 Å². The summed E-state index contributed by atoms with van der Waals surface area (Å²) >= 11 is 3.35. The van der Waals surface area contributed by atoms with Crippen molar-refractivity contribution >= 4 is 28.6 Å². The van der Waals surface area contributed by atoms with E-state index in [2.05, 4.69) is 60.3 Å². The van der Waals surface area contributed by atoms with Gasteiger partial charge < -0.3 is 9.90 Å². The molecule has 2 heterocycles. The molecule has 2 aromatic heterocycles. The number of nitrogens with one attached hydrogen (secondary N) is 1. The van der Waals surface area contributed by atoms with E-state index in [0.717, 1.165) is 21.8 Å². The summed E-state index contributed by atoms with van der Waals surface area (Å²) in [6, 6.07) is 19.5. The molecule has 0 saturated heterocycles. The Bertz CT molecular complexity index is 1140. The molecule has 4 nitrogen and oxygen atoms in total. The predicted molar refractivity (Wildman–Crippen MR) is 125 cm³/mol. The van der Waals surface area contributed by atoms with Crippen LogP contribution < -0.4 is 40.0 Å². The van der Waals surface area contributed by atoms with Gasteiger partial charge in [-0.2, -0.15) is 0 Å². The van der Waals surface area contributed by atoms with Crippen molar-refractivity contribution in [2.45, 2.75) is 32.4 Å². The first-order valence-corrected chi connectivity index (χ1v) is 11.9. The molecule has 0 fully saturated rings. The number of hydrogen-bond donors (Lipinski definition) is 1. The molecule has 0 saturated carbocycles. The van der Waals surface area contributed by atoms with E-state index in [4.69, 9.17) is 4.98 Å². The van der Waals surface area contributed by atoms with Crippen molar-refractivity contribution in [2.24, 2.45) is 0 Å². The van der Waals surface area contributed by atoms with Crippen LogP contribution in [0, 0.1) is 0 Å². The summed E-state index contributed by atoms with van der Waals surface area (Å²) in [4.78, 5) is 17.1. The molecule has 4 aromatic rings. The fourth-order valence-corrected chi connectivity index (χ4v) is 5.13. The van der Waals surface area contributed by atoms with Crippen LogP contribution in [0.15, 0.2) is 71.4 Å². The molecule has 1 N–H and O–H groups in total. The van der Waals surface area contributed by atoms with Crippen LogP contribution >= 0.6 is 22.7 Å². The standard InChI is InChI=1S/C25H24N2O2S2.Na/c1-16(2)18-9-11-19(12-10-18)21-15-31-24(27-21)23(22-4-3-13-30-22)26-14-17-5-7-20(8-6-17)25(28)29;/h3-13,15-16,23,26H,14H2,1-2H3,(H,28,29);/q;+1/p-1. The third kappa shape index (κ3) is 5.95. The molecule has 0 aliphatic carbocycles. The molecule has 0 aliphatic heterocycles. The molecule has 158 valence electrons. The third-order valence-corrected chi connectivity index (χ3v) is 7.02. The molecule has 32 heavy (non-hydrogen) atoms. The maximum Gasteiger partial charge on any atom is 1.00 e. The minimum absolute atomic E-state index is 0. The molecule has 0 aliphatic rings. The zero-order valence-electron chi connectivity index (χ0n) is 18.4. The van der Waals surface area contributed by atoms with Gasteiger partial charge in [0.2, 0.25) is 0 Å². The molecule has 0 bridgehead atoms. The van der Waals surface area contributed by atoms with Crippen LogP contribution in [0.3, 0.4) is 0 Å². The van der Waals surface area contributed by atoms with E-state index in [9.17, 15) is 9.90 Å². The van der Waals surface area contributed by atoms with Crippen molar-refractivity contribution in [3.63, 3.8) is 0 Å². The van der Waals surface area contributed by atoms with Gasteiger partial charge in [0.25, 0.3) is 0 Å². The Kier molecular flexibility index (Phi) is 8.82. The first kappa shape index (κ1) is 24.8. The Morgan fingerprint density at radius 3 is 2.34 bits per heavy atom. The third-order valence-electron chi connectivity index (χ3n) is 5.17. The second-order valence-electron chi connectivity index (χ2n) is 7.66. The Labute approximate surface area is 218 Å². The van der Waals surface area contributed by atoms with Crippen LogP contribution in [0.5, 0.6) is 0 Å². The monoisotopic (exact) mass is 470 g/mol. The summed E-state index contributed by atoms with van der Waals surface area (Å²) in [5.74, 6) is -0.652. The van der Waals surface area contributed by atoms with Crippen LogP contribution in [0.2, 0.25) is 0 Å². The summed E-state index contributed by atoms with van der Waals surface area (Å²) in [5.41, 5.74) is 4.62. The van der Waals surface area contributed by atoms with Crippen molar-refractivity contribution in [3.8, 4) is 11.3 Å². The van der Waals surface area contributed by atoms with Gasteiger partial charge in [0.1, 0.15) is 5.01 Å². The maximum absolute atomic E-state index is 11.0. The van der Waals surface area contributed by atoms with Crippen LogP contribution in [0.25, 0.3) is 11.3 Å². The molecule has 0 spiro atoms. The molecule has 0 radical (unpaired) electrons. The Hall–Kier alpha value is -1.80. The van der Waals surface area contributed by atoms with E-state index in [0.29, 0.717) is 12.5 Å². The minimum atomic E-state index is -1.16. The molecule has 2 aromatic carbocycles. The van der Waals surface area contributed by atoms with Crippen molar-refractivity contribution in [1.82, 2.24) is 10.3 Å². The summed E-state index contributed by atoms with van der Waals surface area (Å²) < 4.78 is 0. The minimum Gasteiger partial charge on any atom is -0.545 e. The number of hydrogen-bond acceptors (Lipinski definition) is 6. The number of aromatic carboxylic acids is 1. The average molecular weight is 471 g/mol. The van der Waals surface area contributed by atoms with E-state index in [1.807, 2.05) is 18.2 Å². The van der Waals surface area contributed by atoms with Crippen molar-refractivity contribution in [1.29, 1.82) is 0 Å². The molecular weight excluding hydrogens is 447 g/mol. The van der Waals surface area contributed by atoms with Gasteiger partial charge in [-0.05, 0) is 34.1 Å². The van der Waals surface area contributed by atoms with Crippen LogP contribution in [0.1, 0.15) is 57.2 Å². The Balaban J connectivity index is 0.00000289. The number of thiazole rings is 1. The Morgan fingerprint density at radius 1 is 1.03 bits per heavy atom. The van der Waals surface area contributed by atoms with E-state index in [-0.39, 0.29) is 41.2 Å². The second-order valence-corrected chi connectivity index (χ2v) is 9.53. The summed E-state index contributed by atoms with van der Waals surface area (Å²) in [6.07, 6.45) is 0. The zero-order chi connectivity index (χ0) is 21.8. The molecule has 1 atom stereocenters. The first-order valence-electron chi connectivity index (χ1n) is 10.1. The number of rotatable bonds is 8. The predicted octanol–water partition coefficient (Wildman–Crippen LogP) is 2.24. The number of nitrogens with zero attached hydrogens (tertiary/aromatic N) is 1. The normalized spacial score (nSPS) is 11.8. The van der Waals surface area contributed by atoms with E-state index < -0.39 is 5.97 Å². The number of benzene rings is 2. The van der Waals surface area contributed by atoms with Gasteiger partial charge in [-0.25, -0.2) is 4.98 Å². The fourth-order valence-electron chi connectivity index (χ4n) is 3.34. The summed E-state index contributed by atoms with van der Waals surface area (Å²) in [5, 5.41) is 19.7. The first-order chi connectivity index (χ1) is 15.0. The molecule has 4 rings (SSSR count). The topological polar surface area (TPSA) is 65.0 Å². The van der Waals surface area contributed by atoms with Gasteiger partial charge in [0.05, 0.1) is 17.7 Å². The SMILES string of the molecule is CC(C)c1ccc(-c2csc(C(NCc3ccc(C(=O)[O-])cc3)c3cccs3)n2)cc1.[Na+]. The average Bonchev–Trinajstić information content (AvgIpc) is 3.47. The molecule has 0 amide bonds. The van der Waals surface area contributed by atoms with Gasteiger partial charge in [0.15, 0.2) is 0 Å². The molecular formula is C25H23N2NaO2S2. The quantitative estimate of drug-likeness (QED) is 0.401. The number of carboxylic acid groups (broad SMARTS) is 1. The van der Waals surface area contributed by atoms with Crippen molar-refractivity contribution < 1.29 is 39.5 Å². The number of carbonyl (C=O) groups is 1. The number of aromatic nitrogens is 1. The number of thiophene rings is 1. The van der Waals surface area contributed by atoms with Gasteiger partial charge in [-0.15, -0.1) is 22.7 Å². The number of carbonyl (C=O) groups excluding carboxylic acids is 1. The van der Waals surface area contributed by atoms with Gasteiger partial charge in [0, 0.05) is 22.4 Å². The van der Waals surface area contributed by atoms with Gasteiger partial charge in [-0.3, -0.25) is 5.32 Å². The van der Waals surface area contributed by atoms with Crippen molar-refractivity contribution in [2.75, 3.05) is 0 Å². The largest absolute Gasteiger partial charge is 1.00 e. The van der Waals surface area contributed by atoms with Crippen LogP contribution in [-0.2, 0) is 6.54 Å². The van der Waals surface area contributed by atoms with E-state index in [1.54, 1.807) is 34.8 Å². The van der Waals surface area contributed by atoms with Crippen molar-refractivity contribution in [3.05, 3.63) is 98.0 Å². The Morgan fingerprint density at radius 2 is 1.75 bits per heavy atom. The second kappa shape index (κ2) is 11.4. The van der Waals surface area contributed by atoms with E-state index in [1.165, 1.54) is 10.4 Å². The maximum atomic E-state index is 11.0. The zero-order valence-corrected chi connectivity index (χ0v) is 22.0. The smallest absolute Gasteiger partial charge is 0.545 e. The summed E-state index contributed by atoms with van der Waals surface area (Å²) in [7, 11) is 0. The fraction of sp³-hybridized carbons (Fsp3) is 0.200. The van der Waals surface area contributed by atoms with Crippen LogP contribution in [0.4, 0.5) is 0 Å². The van der Waals surface area contributed by atoms with Gasteiger partial charge in [-0.1, -0.05) is 68.4 Å². The summed E-state index contributed by atoms with van der Waals surface area (Å²) in [6.45, 7) is 4.99. The van der Waals surface area contributed by atoms with E-state index >= 15 is 0 Å². The molecule has 7 heteroatoms.